The molecule has 1 fully saturated rings. The number of allylic oxidation sites excluding steroid dienone is 2. The number of hydrogen-bond donors (Lipinski definition) is 0. The largest absolute Gasteiger partial charge is 0.335 e. The van der Waals surface area contributed by atoms with Crippen molar-refractivity contribution < 1.29 is 4.79 Å². The maximum absolute atomic E-state index is 12.7. The Bertz CT molecular complexity index is 491. The minimum absolute atomic E-state index is 0.197. The lowest BCUT2D eigenvalue weighted by atomic mass is 9.92. The van der Waals surface area contributed by atoms with Crippen molar-refractivity contribution in [2.45, 2.75) is 38.1 Å². The van der Waals surface area contributed by atoms with Gasteiger partial charge in [-0.1, -0.05) is 12.2 Å². The number of carbonyl (C=O) groups excluding carboxylic acids is 1. The quantitative estimate of drug-likeness (QED) is 0.765. The third kappa shape index (κ3) is 2.44. The second kappa shape index (κ2) is 5.19. The normalized spacial score (nSPS) is 26.9. The van der Waals surface area contributed by atoms with Crippen molar-refractivity contribution in [2.75, 3.05) is 6.54 Å². The van der Waals surface area contributed by atoms with E-state index in [0.717, 1.165) is 38.6 Å². The van der Waals surface area contributed by atoms with Crippen LogP contribution in [0.2, 0.25) is 0 Å². The van der Waals surface area contributed by atoms with Crippen molar-refractivity contribution in [1.29, 1.82) is 0 Å². The molecule has 19 heavy (non-hydrogen) atoms. The number of likely N-dealkylation sites (tertiary alicyclic amines) is 1. The minimum atomic E-state index is 0.197. The molecule has 0 radical (unpaired) electrons. The van der Waals surface area contributed by atoms with E-state index in [1.54, 1.807) is 0 Å². The van der Waals surface area contributed by atoms with E-state index < -0.39 is 0 Å². The van der Waals surface area contributed by atoms with Gasteiger partial charge >= 0.3 is 0 Å². The zero-order chi connectivity index (χ0) is 13.2. The standard InChI is InChI=1S/C15H21N3O/c1-17-11-13(10-16-17)14-8-5-9-18(14)15(19)12-6-3-2-4-7-12/h2-3,10-12,14H,4-9H2,1H3/t12-,14-/m0/s1. The van der Waals surface area contributed by atoms with E-state index in [0.29, 0.717) is 5.91 Å². The van der Waals surface area contributed by atoms with Gasteiger partial charge in [-0.25, -0.2) is 0 Å². The lowest BCUT2D eigenvalue weighted by Crippen LogP contribution is -2.36. The predicted molar refractivity (Wildman–Crippen MR) is 73.4 cm³/mol. The number of aryl methyl sites for hydroxylation is 1. The van der Waals surface area contributed by atoms with Crippen LogP contribution in [0.1, 0.15) is 43.7 Å². The molecule has 1 amide bonds. The average molecular weight is 259 g/mol. The smallest absolute Gasteiger partial charge is 0.226 e. The summed E-state index contributed by atoms with van der Waals surface area (Å²) in [7, 11) is 1.93. The van der Waals surface area contributed by atoms with Gasteiger partial charge in [0.2, 0.25) is 5.91 Å². The fraction of sp³-hybridized carbons (Fsp3) is 0.600. The molecular formula is C15H21N3O. The molecule has 2 atom stereocenters. The number of hydrogen-bond acceptors (Lipinski definition) is 2. The van der Waals surface area contributed by atoms with Crippen molar-refractivity contribution >= 4 is 5.91 Å². The summed E-state index contributed by atoms with van der Waals surface area (Å²) in [4.78, 5) is 14.7. The van der Waals surface area contributed by atoms with E-state index in [2.05, 4.69) is 22.2 Å². The molecule has 0 saturated carbocycles. The second-order valence-electron chi connectivity index (χ2n) is 5.62. The highest BCUT2D eigenvalue weighted by Gasteiger charge is 2.34. The molecule has 1 aliphatic heterocycles. The topological polar surface area (TPSA) is 38.1 Å². The van der Waals surface area contributed by atoms with E-state index >= 15 is 0 Å². The Kier molecular flexibility index (Phi) is 3.40. The molecular weight excluding hydrogens is 238 g/mol. The monoisotopic (exact) mass is 259 g/mol. The summed E-state index contributed by atoms with van der Waals surface area (Å²) >= 11 is 0. The lowest BCUT2D eigenvalue weighted by molar-refractivity contribution is -0.136. The maximum Gasteiger partial charge on any atom is 0.226 e. The Hall–Kier alpha value is -1.58. The van der Waals surface area contributed by atoms with E-state index in [-0.39, 0.29) is 12.0 Å². The summed E-state index contributed by atoms with van der Waals surface area (Å²) in [5.41, 5.74) is 1.18. The van der Waals surface area contributed by atoms with Crippen molar-refractivity contribution in [2.24, 2.45) is 13.0 Å². The summed E-state index contributed by atoms with van der Waals surface area (Å²) in [6.07, 6.45) is 13.4. The highest BCUT2D eigenvalue weighted by atomic mass is 16.2. The summed E-state index contributed by atoms with van der Waals surface area (Å²) in [6, 6.07) is 0.243. The molecule has 102 valence electrons. The van der Waals surface area contributed by atoms with Crippen LogP contribution >= 0.6 is 0 Å². The maximum atomic E-state index is 12.7. The first-order valence-corrected chi connectivity index (χ1v) is 7.20. The molecule has 0 spiro atoms. The van der Waals surface area contributed by atoms with Gasteiger partial charge in [-0.05, 0) is 32.1 Å². The molecule has 4 heteroatoms. The third-order valence-corrected chi connectivity index (χ3v) is 4.26. The first kappa shape index (κ1) is 12.5. The van der Waals surface area contributed by atoms with Crippen molar-refractivity contribution in [3.8, 4) is 0 Å². The van der Waals surface area contributed by atoms with Gasteiger partial charge in [0.15, 0.2) is 0 Å². The van der Waals surface area contributed by atoms with Gasteiger partial charge in [-0.15, -0.1) is 0 Å². The molecule has 0 N–H and O–H groups in total. The molecule has 3 rings (SSSR count). The van der Waals surface area contributed by atoms with Crippen LogP contribution in [0.15, 0.2) is 24.5 Å². The zero-order valence-electron chi connectivity index (χ0n) is 11.5. The van der Waals surface area contributed by atoms with E-state index in [9.17, 15) is 4.79 Å². The van der Waals surface area contributed by atoms with Crippen molar-refractivity contribution in [1.82, 2.24) is 14.7 Å². The van der Waals surface area contributed by atoms with Crippen LogP contribution in [0.5, 0.6) is 0 Å². The molecule has 0 unspecified atom stereocenters. The zero-order valence-corrected chi connectivity index (χ0v) is 11.5. The summed E-state index contributed by atoms with van der Waals surface area (Å²) in [5.74, 6) is 0.540. The number of amides is 1. The van der Waals surface area contributed by atoms with Gasteiger partial charge in [0, 0.05) is 31.3 Å². The van der Waals surface area contributed by atoms with Crippen molar-refractivity contribution in [3.63, 3.8) is 0 Å². The van der Waals surface area contributed by atoms with Gasteiger partial charge in [0.25, 0.3) is 0 Å². The molecule has 1 aromatic rings. The van der Waals surface area contributed by atoms with Crippen LogP contribution in [0, 0.1) is 5.92 Å². The Morgan fingerprint density at radius 3 is 2.95 bits per heavy atom. The summed E-state index contributed by atoms with van der Waals surface area (Å²) < 4.78 is 1.82. The number of aromatic nitrogens is 2. The van der Waals surface area contributed by atoms with Gasteiger partial charge in [0.1, 0.15) is 0 Å². The predicted octanol–water partition coefficient (Wildman–Crippen LogP) is 2.44. The Balaban J connectivity index is 1.75. The van der Waals surface area contributed by atoms with Gasteiger partial charge in [-0.2, -0.15) is 5.10 Å². The van der Waals surface area contributed by atoms with E-state index in [4.69, 9.17) is 0 Å². The fourth-order valence-corrected chi connectivity index (χ4v) is 3.24. The molecule has 0 bridgehead atoms. The highest BCUT2D eigenvalue weighted by Crippen LogP contribution is 2.34. The fourth-order valence-electron chi connectivity index (χ4n) is 3.24. The SMILES string of the molecule is Cn1cc([C@@H]2CCCN2C(=O)[C@H]2CC=CCC2)cn1. The van der Waals surface area contributed by atoms with Crippen LogP contribution in [-0.2, 0) is 11.8 Å². The number of nitrogens with zero attached hydrogens (tertiary/aromatic N) is 3. The first-order chi connectivity index (χ1) is 9.25. The number of rotatable bonds is 2. The van der Waals surface area contributed by atoms with Gasteiger partial charge in [-0.3, -0.25) is 9.48 Å². The second-order valence-corrected chi connectivity index (χ2v) is 5.62. The van der Waals surface area contributed by atoms with Gasteiger partial charge < -0.3 is 4.90 Å². The van der Waals surface area contributed by atoms with Crippen LogP contribution in [0.25, 0.3) is 0 Å². The molecule has 2 aliphatic rings. The van der Waals surface area contributed by atoms with Crippen LogP contribution in [0.3, 0.4) is 0 Å². The number of carbonyl (C=O) groups is 1. The van der Waals surface area contributed by atoms with E-state index in [1.807, 2.05) is 24.1 Å². The summed E-state index contributed by atoms with van der Waals surface area (Å²) in [5, 5.41) is 4.24. The van der Waals surface area contributed by atoms with Crippen molar-refractivity contribution in [3.05, 3.63) is 30.1 Å². The van der Waals surface area contributed by atoms with E-state index in [1.165, 1.54) is 5.56 Å². The lowest BCUT2D eigenvalue weighted by Gasteiger charge is -2.29. The molecule has 4 nitrogen and oxygen atoms in total. The van der Waals surface area contributed by atoms with Crippen LogP contribution in [0.4, 0.5) is 0 Å². The Morgan fingerprint density at radius 2 is 2.26 bits per heavy atom. The third-order valence-electron chi connectivity index (χ3n) is 4.26. The molecule has 1 aliphatic carbocycles. The summed E-state index contributed by atoms with van der Waals surface area (Å²) in [6.45, 7) is 0.901. The Morgan fingerprint density at radius 1 is 1.37 bits per heavy atom. The Labute approximate surface area is 114 Å². The minimum Gasteiger partial charge on any atom is -0.335 e. The van der Waals surface area contributed by atoms with Crippen LogP contribution < -0.4 is 0 Å². The molecule has 2 heterocycles. The first-order valence-electron chi connectivity index (χ1n) is 7.20. The molecule has 0 aromatic carbocycles. The van der Waals surface area contributed by atoms with Crippen LogP contribution in [-0.4, -0.2) is 27.1 Å². The average Bonchev–Trinajstić information content (AvgIpc) is 3.07. The van der Waals surface area contributed by atoms with Gasteiger partial charge in [0.05, 0.1) is 12.2 Å². The molecule has 1 saturated heterocycles. The highest BCUT2D eigenvalue weighted by molar-refractivity contribution is 5.80. The molecule has 1 aromatic heterocycles.